The molecule has 4 bridgehead atoms. The number of ether oxygens (including phenoxy) is 1. The quantitative estimate of drug-likeness (QED) is 0.705. The maximum Gasteiger partial charge on any atom is 0.373 e. The molecule has 4 rings (SSSR count). The molecule has 4 saturated carbocycles. The van der Waals surface area contributed by atoms with E-state index in [1.807, 2.05) is 0 Å². The van der Waals surface area contributed by atoms with Gasteiger partial charge in [0.25, 0.3) is 0 Å². The number of hydrogen-bond donors (Lipinski definition) is 1. The first-order valence-electron chi connectivity index (χ1n) is 9.22. The van der Waals surface area contributed by atoms with Crippen molar-refractivity contribution >= 4 is 5.97 Å². The van der Waals surface area contributed by atoms with E-state index in [2.05, 4.69) is 13.8 Å². The van der Waals surface area contributed by atoms with Crippen LogP contribution in [0.1, 0.15) is 65.2 Å². The van der Waals surface area contributed by atoms with Gasteiger partial charge in [0.05, 0.1) is 6.61 Å². The molecule has 0 aromatic heterocycles. The van der Waals surface area contributed by atoms with Gasteiger partial charge in [0.15, 0.2) is 0 Å². The third kappa shape index (κ3) is 3.61. The molecule has 0 saturated heterocycles. The van der Waals surface area contributed by atoms with Gasteiger partial charge >= 0.3 is 12.4 Å². The van der Waals surface area contributed by atoms with Crippen LogP contribution >= 0.6 is 0 Å². The van der Waals surface area contributed by atoms with Crippen LogP contribution in [0.3, 0.4) is 0 Å². The Kier molecular flexibility index (Phi) is 4.69. The van der Waals surface area contributed by atoms with Crippen LogP contribution in [0.5, 0.6) is 0 Å². The first kappa shape index (κ1) is 18.1. The Morgan fingerprint density at radius 3 is 2.33 bits per heavy atom. The van der Waals surface area contributed by atoms with Gasteiger partial charge in [0.1, 0.15) is 0 Å². The van der Waals surface area contributed by atoms with Crippen LogP contribution < -0.4 is 0 Å². The number of esters is 1. The molecule has 0 radical (unpaired) electrons. The van der Waals surface area contributed by atoms with Gasteiger partial charge in [-0.3, -0.25) is 0 Å². The van der Waals surface area contributed by atoms with E-state index in [0.29, 0.717) is 11.8 Å². The molecule has 4 fully saturated rings. The Morgan fingerprint density at radius 2 is 1.79 bits per heavy atom. The normalized spacial score (nSPS) is 37.9. The highest BCUT2D eigenvalue weighted by molar-refractivity contribution is 5.72. The lowest BCUT2D eigenvalue weighted by Gasteiger charge is -2.63. The summed E-state index contributed by atoms with van der Waals surface area (Å²) in [4.78, 5) is 11.2. The minimum atomic E-state index is -3.03. The van der Waals surface area contributed by atoms with E-state index >= 15 is 0 Å². The van der Waals surface area contributed by atoms with Crippen molar-refractivity contribution in [2.75, 3.05) is 13.2 Å². The molecule has 4 aliphatic carbocycles. The van der Waals surface area contributed by atoms with E-state index in [-0.39, 0.29) is 29.5 Å². The molecule has 3 nitrogen and oxygen atoms in total. The lowest BCUT2D eigenvalue weighted by atomic mass is 9.42. The van der Waals surface area contributed by atoms with Crippen molar-refractivity contribution in [1.82, 2.24) is 0 Å². The molecule has 0 amide bonds. The van der Waals surface area contributed by atoms with Gasteiger partial charge in [0.2, 0.25) is 0 Å². The molecule has 1 N–H and O–H groups in total. The number of aliphatic hydroxyl groups is 1. The van der Waals surface area contributed by atoms with Gasteiger partial charge in [-0.2, -0.15) is 8.78 Å². The van der Waals surface area contributed by atoms with Crippen molar-refractivity contribution < 1.29 is 23.4 Å². The highest BCUT2D eigenvalue weighted by Crippen LogP contribution is 2.67. The number of rotatable bonds is 7. The molecule has 0 aromatic carbocycles. The Bertz CT molecular complexity index is 475. The molecule has 24 heavy (non-hydrogen) atoms. The van der Waals surface area contributed by atoms with Crippen LogP contribution in [-0.2, 0) is 9.53 Å². The van der Waals surface area contributed by atoms with E-state index < -0.39 is 12.4 Å². The number of carbonyl (C=O) groups excluding carboxylic acids is 1. The summed E-state index contributed by atoms with van der Waals surface area (Å²) in [6.45, 7) is 4.79. The van der Waals surface area contributed by atoms with Crippen molar-refractivity contribution in [3.05, 3.63) is 0 Å². The predicted octanol–water partition coefficient (Wildman–Crippen LogP) is 4.18. The Balaban J connectivity index is 1.73. The lowest BCUT2D eigenvalue weighted by molar-refractivity contribution is -0.177. The van der Waals surface area contributed by atoms with E-state index in [4.69, 9.17) is 4.74 Å². The second kappa shape index (κ2) is 6.22. The number of hydrogen-bond acceptors (Lipinski definition) is 3. The molecular formula is C19H30F2O3. The summed E-state index contributed by atoms with van der Waals surface area (Å²) in [5.74, 6) is -0.0942. The summed E-state index contributed by atoms with van der Waals surface area (Å²) in [6.07, 6.45) is 5.51. The van der Waals surface area contributed by atoms with Gasteiger partial charge < -0.3 is 9.84 Å². The van der Waals surface area contributed by atoms with Crippen molar-refractivity contribution in [2.45, 2.75) is 71.6 Å². The number of alkyl halides is 2. The molecule has 2 atom stereocenters. The summed E-state index contributed by atoms with van der Waals surface area (Å²) in [5.41, 5.74) is 0.227. The Labute approximate surface area is 143 Å². The van der Waals surface area contributed by atoms with Crippen LogP contribution in [0.15, 0.2) is 0 Å². The van der Waals surface area contributed by atoms with Crippen molar-refractivity contribution in [3.8, 4) is 0 Å². The van der Waals surface area contributed by atoms with Crippen molar-refractivity contribution in [1.29, 1.82) is 0 Å². The second-order valence-electron chi connectivity index (χ2n) is 9.68. The first-order valence-corrected chi connectivity index (χ1v) is 9.22. The smallest absolute Gasteiger partial charge is 0.373 e. The topological polar surface area (TPSA) is 46.5 Å². The van der Waals surface area contributed by atoms with Crippen LogP contribution in [0.2, 0.25) is 0 Å². The average Bonchev–Trinajstić information content (AvgIpc) is 2.41. The van der Waals surface area contributed by atoms with Gasteiger partial charge in [0, 0.05) is 12.0 Å². The fraction of sp³-hybridized carbons (Fsp3) is 0.947. The van der Waals surface area contributed by atoms with E-state index in [1.54, 1.807) is 0 Å². The van der Waals surface area contributed by atoms with Crippen LogP contribution in [-0.4, -0.2) is 30.7 Å². The lowest BCUT2D eigenvalue weighted by Crippen LogP contribution is -2.54. The second-order valence-corrected chi connectivity index (χ2v) is 9.68. The maximum absolute atomic E-state index is 12.5. The van der Waals surface area contributed by atoms with Crippen LogP contribution in [0.4, 0.5) is 8.78 Å². The minimum absolute atomic E-state index is 0.0846. The fourth-order valence-electron chi connectivity index (χ4n) is 6.72. The molecule has 0 spiro atoms. The molecule has 2 unspecified atom stereocenters. The molecule has 5 heteroatoms. The first-order chi connectivity index (χ1) is 11.2. The van der Waals surface area contributed by atoms with Crippen molar-refractivity contribution in [2.24, 2.45) is 28.1 Å². The fourth-order valence-corrected chi connectivity index (χ4v) is 6.72. The predicted molar refractivity (Wildman–Crippen MR) is 86.6 cm³/mol. The SMILES string of the molecule is CC(C)(CCO)CC12CC3CC(CC(COC(=O)C(F)F)(C3)C1)C2. The molecule has 0 heterocycles. The van der Waals surface area contributed by atoms with E-state index in [9.17, 15) is 18.7 Å². The highest BCUT2D eigenvalue weighted by atomic mass is 19.3. The summed E-state index contributed by atoms with van der Waals surface area (Å²) in [5, 5.41) is 9.33. The largest absolute Gasteiger partial charge is 0.461 e. The zero-order valence-corrected chi connectivity index (χ0v) is 14.8. The Morgan fingerprint density at radius 1 is 1.21 bits per heavy atom. The summed E-state index contributed by atoms with van der Waals surface area (Å²) < 4.78 is 29.9. The monoisotopic (exact) mass is 344 g/mol. The van der Waals surface area contributed by atoms with Crippen molar-refractivity contribution in [3.63, 3.8) is 0 Å². The molecular weight excluding hydrogens is 314 g/mol. The summed E-state index contributed by atoms with van der Waals surface area (Å²) in [6, 6.07) is 0. The van der Waals surface area contributed by atoms with Crippen LogP contribution in [0.25, 0.3) is 0 Å². The molecule has 138 valence electrons. The van der Waals surface area contributed by atoms with Gasteiger partial charge in [-0.1, -0.05) is 13.8 Å². The van der Waals surface area contributed by atoms with Gasteiger partial charge in [-0.15, -0.1) is 0 Å². The minimum Gasteiger partial charge on any atom is -0.461 e. The molecule has 0 aliphatic heterocycles. The molecule has 4 aliphatic rings. The van der Waals surface area contributed by atoms with Crippen LogP contribution in [0, 0.1) is 28.1 Å². The third-order valence-electron chi connectivity index (χ3n) is 6.64. The standard InChI is InChI=1S/C19H30F2O3/c1-17(2,3-4-22)10-18-6-13-5-14(7-18)9-19(8-13,11-18)12-24-16(23)15(20)21/h13-15,22H,3-12H2,1-2H3. The van der Waals surface area contributed by atoms with E-state index in [1.165, 1.54) is 19.3 Å². The Hall–Kier alpha value is -0.710. The maximum atomic E-state index is 12.5. The number of carbonyl (C=O) groups is 1. The van der Waals surface area contributed by atoms with Gasteiger partial charge in [-0.05, 0) is 74.0 Å². The summed E-state index contributed by atoms with van der Waals surface area (Å²) >= 11 is 0. The summed E-state index contributed by atoms with van der Waals surface area (Å²) in [7, 11) is 0. The number of aliphatic hydroxyl groups excluding tert-OH is 1. The van der Waals surface area contributed by atoms with E-state index in [0.717, 1.165) is 32.1 Å². The molecule has 0 aromatic rings. The zero-order valence-electron chi connectivity index (χ0n) is 14.8. The average molecular weight is 344 g/mol. The zero-order chi connectivity index (χ0) is 17.6. The third-order valence-corrected chi connectivity index (χ3v) is 6.64. The number of halogens is 2. The highest BCUT2D eigenvalue weighted by Gasteiger charge is 2.58. The van der Waals surface area contributed by atoms with Gasteiger partial charge in [-0.25, -0.2) is 4.79 Å².